The number of rotatable bonds is 3. The van der Waals surface area contributed by atoms with E-state index in [0.29, 0.717) is 0 Å². The van der Waals surface area contributed by atoms with Crippen LogP contribution in [0.15, 0.2) is 18.2 Å². The number of ether oxygens (including phenoxy) is 2. The monoisotopic (exact) mass is 292 g/mol. The first-order chi connectivity index (χ1) is 9.78. The second kappa shape index (κ2) is 6.06. The number of carbonyl (C=O) groups excluding carboxylic acids is 1. The summed E-state index contributed by atoms with van der Waals surface area (Å²) >= 11 is 0. The van der Waals surface area contributed by atoms with Gasteiger partial charge in [-0.3, -0.25) is 4.79 Å². The molecule has 1 heterocycles. The van der Waals surface area contributed by atoms with Gasteiger partial charge in [-0.15, -0.1) is 0 Å². The molecule has 0 spiro atoms. The van der Waals surface area contributed by atoms with E-state index in [1.807, 2.05) is 39.0 Å². The van der Waals surface area contributed by atoms with Gasteiger partial charge in [0.1, 0.15) is 17.5 Å². The van der Waals surface area contributed by atoms with Gasteiger partial charge in [-0.25, -0.2) is 0 Å². The molecule has 1 aliphatic rings. The maximum atomic E-state index is 11.9. The Hall–Kier alpha value is -1.55. The fraction of sp³-hybridized carbons (Fsp3) is 0.588. The Morgan fingerprint density at radius 1 is 1.43 bits per heavy atom. The Kier molecular flexibility index (Phi) is 4.57. The molecule has 0 aliphatic carbocycles. The number of benzene rings is 1. The minimum atomic E-state index is -0.461. The summed E-state index contributed by atoms with van der Waals surface area (Å²) in [6.07, 6.45) is 0.972. The minimum absolute atomic E-state index is 0.0280. The van der Waals surface area contributed by atoms with Crippen molar-refractivity contribution in [2.24, 2.45) is 5.92 Å². The first-order valence-corrected chi connectivity index (χ1v) is 7.39. The molecule has 2 atom stereocenters. The molecular weight excluding hydrogens is 268 g/mol. The fourth-order valence-electron chi connectivity index (χ4n) is 2.54. The van der Waals surface area contributed by atoms with E-state index >= 15 is 0 Å². The van der Waals surface area contributed by atoms with Crippen LogP contribution >= 0.6 is 0 Å². The maximum absolute atomic E-state index is 11.9. The van der Waals surface area contributed by atoms with Gasteiger partial charge >= 0.3 is 5.97 Å². The van der Waals surface area contributed by atoms with Crippen molar-refractivity contribution in [2.75, 3.05) is 6.61 Å². The lowest BCUT2D eigenvalue weighted by Gasteiger charge is -2.30. The highest BCUT2D eigenvalue weighted by Crippen LogP contribution is 2.31. The molecule has 1 N–H and O–H groups in total. The van der Waals surface area contributed by atoms with Crippen molar-refractivity contribution in [2.45, 2.75) is 52.2 Å². The number of aliphatic hydroxyl groups is 1. The molecule has 0 unspecified atom stereocenters. The molecule has 0 fully saturated rings. The molecule has 4 heteroatoms. The van der Waals surface area contributed by atoms with Gasteiger partial charge in [-0.05, 0) is 50.3 Å². The minimum Gasteiger partial charge on any atom is -0.487 e. The van der Waals surface area contributed by atoms with E-state index in [0.717, 1.165) is 23.3 Å². The SMILES string of the molecule is C[C@@H]1Cc2cc(CC(=O)OC(C)(C)C)ccc2O[C@@H]1CO. The van der Waals surface area contributed by atoms with Crippen molar-refractivity contribution in [1.29, 1.82) is 0 Å². The first kappa shape index (κ1) is 15.8. The Bertz CT molecular complexity index is 516. The molecule has 0 radical (unpaired) electrons. The molecule has 1 aromatic carbocycles. The van der Waals surface area contributed by atoms with Crippen molar-refractivity contribution in [3.05, 3.63) is 29.3 Å². The molecule has 0 amide bonds. The van der Waals surface area contributed by atoms with Crippen molar-refractivity contribution in [3.8, 4) is 5.75 Å². The number of fused-ring (bicyclic) bond motifs is 1. The highest BCUT2D eigenvalue weighted by Gasteiger charge is 2.26. The number of aliphatic hydroxyl groups excluding tert-OH is 1. The second-order valence-corrected chi connectivity index (χ2v) is 6.73. The van der Waals surface area contributed by atoms with E-state index < -0.39 is 5.60 Å². The van der Waals surface area contributed by atoms with Crippen molar-refractivity contribution < 1.29 is 19.4 Å². The second-order valence-electron chi connectivity index (χ2n) is 6.73. The van der Waals surface area contributed by atoms with E-state index in [4.69, 9.17) is 9.47 Å². The van der Waals surface area contributed by atoms with Crippen LogP contribution < -0.4 is 4.74 Å². The van der Waals surface area contributed by atoms with Gasteiger partial charge in [-0.2, -0.15) is 0 Å². The van der Waals surface area contributed by atoms with Gasteiger partial charge in [0.2, 0.25) is 0 Å². The van der Waals surface area contributed by atoms with Gasteiger partial charge < -0.3 is 14.6 Å². The molecular formula is C17H24O4. The normalized spacial score (nSPS) is 21.4. The van der Waals surface area contributed by atoms with Crippen LogP contribution in [0.4, 0.5) is 0 Å². The average molecular weight is 292 g/mol. The first-order valence-electron chi connectivity index (χ1n) is 7.39. The molecule has 21 heavy (non-hydrogen) atoms. The summed E-state index contributed by atoms with van der Waals surface area (Å²) in [6, 6.07) is 5.76. The van der Waals surface area contributed by atoms with Crippen LogP contribution in [0.2, 0.25) is 0 Å². The molecule has 1 aromatic rings. The molecule has 0 bridgehead atoms. The molecule has 1 aliphatic heterocycles. The van der Waals surface area contributed by atoms with Crippen molar-refractivity contribution >= 4 is 5.97 Å². The summed E-state index contributed by atoms with van der Waals surface area (Å²) in [4.78, 5) is 11.9. The quantitative estimate of drug-likeness (QED) is 0.870. The Balaban J connectivity index is 2.08. The van der Waals surface area contributed by atoms with E-state index in [1.54, 1.807) is 0 Å². The third-order valence-electron chi connectivity index (χ3n) is 3.53. The maximum Gasteiger partial charge on any atom is 0.310 e. The zero-order valence-corrected chi connectivity index (χ0v) is 13.2. The lowest BCUT2D eigenvalue weighted by atomic mass is 9.91. The van der Waals surface area contributed by atoms with Crippen molar-refractivity contribution in [1.82, 2.24) is 0 Å². The van der Waals surface area contributed by atoms with E-state index in [2.05, 4.69) is 6.92 Å². The predicted molar refractivity (Wildman–Crippen MR) is 80.4 cm³/mol. The number of hydrogen-bond donors (Lipinski definition) is 1. The van der Waals surface area contributed by atoms with Crippen LogP contribution in [0.3, 0.4) is 0 Å². The highest BCUT2D eigenvalue weighted by molar-refractivity contribution is 5.73. The van der Waals surface area contributed by atoms with Crippen LogP contribution in [0.1, 0.15) is 38.8 Å². The van der Waals surface area contributed by atoms with Gasteiger partial charge in [0.25, 0.3) is 0 Å². The topological polar surface area (TPSA) is 55.8 Å². The Morgan fingerprint density at radius 3 is 2.76 bits per heavy atom. The molecule has 2 rings (SSSR count). The summed E-state index contributed by atoms with van der Waals surface area (Å²) in [5, 5.41) is 9.28. The Labute approximate surface area is 126 Å². The predicted octanol–water partition coefficient (Wildman–Crippen LogP) is 2.50. The van der Waals surface area contributed by atoms with Crippen LogP contribution in [0, 0.1) is 5.92 Å². The summed E-state index contributed by atoms with van der Waals surface area (Å²) in [6.45, 7) is 7.68. The zero-order chi connectivity index (χ0) is 15.6. The standard InChI is InChI=1S/C17H24O4/c1-11-7-13-8-12(9-16(19)21-17(2,3)4)5-6-14(13)20-15(11)10-18/h5-6,8,11,15,18H,7,9-10H2,1-4H3/t11-,15-/m1/s1. The highest BCUT2D eigenvalue weighted by atomic mass is 16.6. The lowest BCUT2D eigenvalue weighted by molar-refractivity contribution is -0.153. The molecule has 0 saturated heterocycles. The Morgan fingerprint density at radius 2 is 2.14 bits per heavy atom. The van der Waals surface area contributed by atoms with E-state index in [-0.39, 0.29) is 31.0 Å². The summed E-state index contributed by atoms with van der Waals surface area (Å²) in [5.74, 6) is 0.847. The van der Waals surface area contributed by atoms with Crippen molar-refractivity contribution in [3.63, 3.8) is 0 Å². The molecule has 4 nitrogen and oxygen atoms in total. The van der Waals surface area contributed by atoms with Gasteiger partial charge in [0.05, 0.1) is 13.0 Å². The largest absolute Gasteiger partial charge is 0.487 e. The number of hydrogen-bond acceptors (Lipinski definition) is 4. The van der Waals surface area contributed by atoms with Crippen LogP contribution in [0.5, 0.6) is 5.75 Å². The van der Waals surface area contributed by atoms with Crippen LogP contribution in [-0.4, -0.2) is 29.4 Å². The van der Waals surface area contributed by atoms with Gasteiger partial charge in [-0.1, -0.05) is 19.1 Å². The summed E-state index contributed by atoms with van der Waals surface area (Å²) in [7, 11) is 0. The fourth-order valence-corrected chi connectivity index (χ4v) is 2.54. The number of carbonyl (C=O) groups is 1. The zero-order valence-electron chi connectivity index (χ0n) is 13.2. The summed E-state index contributed by atoms with van der Waals surface area (Å²) in [5.41, 5.74) is 1.56. The molecule has 0 saturated carbocycles. The van der Waals surface area contributed by atoms with Crippen LogP contribution in [-0.2, 0) is 22.4 Å². The third kappa shape index (κ3) is 4.21. The summed E-state index contributed by atoms with van der Waals surface area (Å²) < 4.78 is 11.1. The molecule has 116 valence electrons. The number of esters is 1. The average Bonchev–Trinajstić information content (AvgIpc) is 2.35. The van der Waals surface area contributed by atoms with Gasteiger partial charge in [0, 0.05) is 0 Å². The van der Waals surface area contributed by atoms with E-state index in [9.17, 15) is 9.90 Å². The van der Waals surface area contributed by atoms with Crippen LogP contribution in [0.25, 0.3) is 0 Å². The lowest BCUT2D eigenvalue weighted by Crippen LogP contribution is -2.34. The van der Waals surface area contributed by atoms with Gasteiger partial charge in [0.15, 0.2) is 0 Å². The van der Waals surface area contributed by atoms with E-state index in [1.165, 1.54) is 0 Å². The smallest absolute Gasteiger partial charge is 0.310 e. The third-order valence-corrected chi connectivity index (χ3v) is 3.53. The molecule has 0 aromatic heterocycles.